The molecule has 1 aliphatic heterocycles. The molecule has 8 nitrogen and oxygen atoms in total. The number of ether oxygens (including phenoxy) is 1. The van der Waals surface area contributed by atoms with E-state index in [2.05, 4.69) is 9.88 Å². The number of aromatic hydroxyl groups is 2. The van der Waals surface area contributed by atoms with Gasteiger partial charge in [0.15, 0.2) is 17.3 Å². The molecule has 2 heterocycles. The summed E-state index contributed by atoms with van der Waals surface area (Å²) in [5.41, 5.74) is -0.132. The smallest absolute Gasteiger partial charge is 0.194 e. The van der Waals surface area contributed by atoms with Crippen molar-refractivity contribution in [3.63, 3.8) is 0 Å². The molecule has 3 aromatic rings. The van der Waals surface area contributed by atoms with Crippen LogP contribution in [-0.4, -0.2) is 38.7 Å². The molecule has 1 aromatic heterocycles. The van der Waals surface area contributed by atoms with Gasteiger partial charge in [0.2, 0.25) is 0 Å². The van der Waals surface area contributed by atoms with Crippen LogP contribution < -0.4 is 10.1 Å². The summed E-state index contributed by atoms with van der Waals surface area (Å²) in [5, 5.41) is 26.4. The second-order valence-electron chi connectivity index (χ2n) is 9.88. The van der Waals surface area contributed by atoms with Crippen LogP contribution in [0, 0.1) is 6.92 Å². The molecule has 0 radical (unpaired) electrons. The lowest BCUT2D eigenvalue weighted by atomic mass is 9.70. The second-order valence-corrected chi connectivity index (χ2v) is 10.3. The molecule has 0 bridgehead atoms. The van der Waals surface area contributed by atoms with Gasteiger partial charge in [-0.15, -0.1) is 0 Å². The van der Waals surface area contributed by atoms with E-state index in [9.17, 15) is 24.6 Å². The molecule has 2 aromatic carbocycles. The van der Waals surface area contributed by atoms with Crippen molar-refractivity contribution in [2.45, 2.75) is 46.1 Å². The van der Waals surface area contributed by atoms with Crippen molar-refractivity contribution in [2.24, 2.45) is 0 Å². The fourth-order valence-corrected chi connectivity index (χ4v) is 5.49. The first-order chi connectivity index (χ1) is 18.0. The largest absolute Gasteiger partial charge is 0.507 e. The first-order valence-corrected chi connectivity index (χ1v) is 12.6. The van der Waals surface area contributed by atoms with Crippen LogP contribution in [0.15, 0.2) is 53.6 Å². The van der Waals surface area contributed by atoms with Gasteiger partial charge in [0, 0.05) is 47.2 Å². The lowest BCUT2D eigenvalue weighted by molar-refractivity contribution is -0.123. The first-order valence-electron chi connectivity index (χ1n) is 12.2. The van der Waals surface area contributed by atoms with Gasteiger partial charge in [0.25, 0.3) is 0 Å². The Kier molecular flexibility index (Phi) is 6.10. The molecule has 0 saturated carbocycles. The van der Waals surface area contributed by atoms with E-state index in [1.807, 2.05) is 30.5 Å². The van der Waals surface area contributed by atoms with Crippen molar-refractivity contribution in [3.05, 3.63) is 75.3 Å². The van der Waals surface area contributed by atoms with Gasteiger partial charge in [-0.05, 0) is 57.7 Å². The molecular formula is C29H27ClN2O6. The third kappa shape index (κ3) is 3.70. The summed E-state index contributed by atoms with van der Waals surface area (Å²) >= 11 is 6.14. The molecule has 1 atom stereocenters. The lowest BCUT2D eigenvalue weighted by Gasteiger charge is -2.29. The van der Waals surface area contributed by atoms with Crippen molar-refractivity contribution in [1.29, 1.82) is 0 Å². The Bertz CT molecular complexity index is 1630. The highest BCUT2D eigenvalue weighted by Crippen LogP contribution is 2.57. The number of Topliss-reactive ketones (excluding diaryl/α,β-unsaturated/α-hetero) is 2. The Hall–Kier alpha value is -4.04. The van der Waals surface area contributed by atoms with Crippen LogP contribution in [0.2, 0.25) is 5.02 Å². The Morgan fingerprint density at radius 3 is 2.61 bits per heavy atom. The number of halogens is 1. The third-order valence-electron chi connectivity index (χ3n) is 7.46. The number of hydrogen-bond acceptors (Lipinski definition) is 7. The van der Waals surface area contributed by atoms with Gasteiger partial charge in [-0.2, -0.15) is 0 Å². The summed E-state index contributed by atoms with van der Waals surface area (Å²) in [4.78, 5) is 39.2. The molecule has 0 amide bonds. The minimum Gasteiger partial charge on any atom is -0.507 e. The van der Waals surface area contributed by atoms with E-state index in [0.29, 0.717) is 23.8 Å². The summed E-state index contributed by atoms with van der Waals surface area (Å²) < 4.78 is 7.89. The van der Waals surface area contributed by atoms with Gasteiger partial charge < -0.3 is 24.8 Å². The van der Waals surface area contributed by atoms with Crippen molar-refractivity contribution in [2.75, 3.05) is 6.54 Å². The lowest BCUT2D eigenvalue weighted by Crippen LogP contribution is -2.41. The number of allylic oxidation sites excluding steroid dienone is 4. The van der Waals surface area contributed by atoms with Gasteiger partial charge in [0.1, 0.15) is 34.0 Å². The summed E-state index contributed by atoms with van der Waals surface area (Å²) in [5.74, 6) is -2.42. The minimum atomic E-state index is -1.53. The molecule has 1 aliphatic carbocycles. The molecule has 3 N–H and O–H groups in total. The molecule has 0 spiro atoms. The van der Waals surface area contributed by atoms with Gasteiger partial charge in [-0.25, -0.2) is 0 Å². The Morgan fingerprint density at radius 1 is 1.16 bits per heavy atom. The number of carbonyl (C=O) groups excluding carboxylic acids is 3. The number of phenolic OH excluding ortho intramolecular Hbond substituents is 2. The van der Waals surface area contributed by atoms with Crippen LogP contribution in [0.5, 0.6) is 17.2 Å². The number of aromatic nitrogens is 1. The summed E-state index contributed by atoms with van der Waals surface area (Å²) in [6, 6.07) is 7.75. The van der Waals surface area contributed by atoms with E-state index in [1.165, 1.54) is 19.9 Å². The predicted molar refractivity (Wildman–Crippen MR) is 143 cm³/mol. The standard InChI is InChI=1S/C29H27ClN2O6/c1-14-25(35)23(16(3)33)27-24(26(14)36)29(4)21(38-27)13-20(34)22(28(29)37)15(2)31-9-5-10-32-11-8-17-6-7-18(30)12-19(17)32/h6-8,11-13,31,35-36H,5,9-10H2,1-4H3/b22-15+/t29-/m1/s1. The van der Waals surface area contributed by atoms with E-state index >= 15 is 0 Å². The average Bonchev–Trinajstić information content (AvgIpc) is 3.38. The number of fused-ring (bicyclic) bond motifs is 4. The van der Waals surface area contributed by atoms with Crippen molar-refractivity contribution < 1.29 is 29.3 Å². The number of benzene rings is 2. The molecular weight excluding hydrogens is 508 g/mol. The van der Waals surface area contributed by atoms with E-state index in [-0.39, 0.29) is 39.5 Å². The third-order valence-corrected chi connectivity index (χ3v) is 7.70. The van der Waals surface area contributed by atoms with E-state index in [1.54, 1.807) is 13.8 Å². The summed E-state index contributed by atoms with van der Waals surface area (Å²) in [6.45, 7) is 7.13. The maximum Gasteiger partial charge on any atom is 0.194 e. The highest BCUT2D eigenvalue weighted by Gasteiger charge is 2.56. The highest BCUT2D eigenvalue weighted by atomic mass is 35.5. The number of ketones is 3. The monoisotopic (exact) mass is 534 g/mol. The predicted octanol–water partition coefficient (Wildman–Crippen LogP) is 4.86. The van der Waals surface area contributed by atoms with Crippen LogP contribution in [-0.2, 0) is 21.5 Å². The van der Waals surface area contributed by atoms with Gasteiger partial charge in [0.05, 0.1) is 11.1 Å². The van der Waals surface area contributed by atoms with Crippen LogP contribution >= 0.6 is 11.6 Å². The summed E-state index contributed by atoms with van der Waals surface area (Å²) in [6.07, 6.45) is 3.93. The zero-order chi connectivity index (χ0) is 27.5. The van der Waals surface area contributed by atoms with Crippen molar-refractivity contribution >= 4 is 39.9 Å². The quantitative estimate of drug-likeness (QED) is 0.179. The first kappa shape index (κ1) is 25.6. The molecule has 2 aliphatic rings. The Balaban J connectivity index is 1.42. The van der Waals surface area contributed by atoms with Crippen molar-refractivity contribution in [1.82, 2.24) is 9.88 Å². The highest BCUT2D eigenvalue weighted by molar-refractivity contribution is 6.31. The molecule has 5 rings (SSSR count). The molecule has 196 valence electrons. The number of carbonyl (C=O) groups is 3. The maximum atomic E-state index is 13.9. The van der Waals surface area contributed by atoms with E-state index < -0.39 is 28.5 Å². The normalized spacial score (nSPS) is 19.7. The van der Waals surface area contributed by atoms with Crippen LogP contribution in [0.4, 0.5) is 0 Å². The number of nitrogens with one attached hydrogen (secondary N) is 1. The zero-order valence-electron chi connectivity index (χ0n) is 21.4. The van der Waals surface area contributed by atoms with E-state index in [4.69, 9.17) is 16.3 Å². The average molecular weight is 535 g/mol. The van der Waals surface area contributed by atoms with Crippen LogP contribution in [0.1, 0.15) is 48.7 Å². The molecule has 0 fully saturated rings. The number of aryl methyl sites for hydroxylation is 1. The molecule has 38 heavy (non-hydrogen) atoms. The van der Waals surface area contributed by atoms with Gasteiger partial charge >= 0.3 is 0 Å². The fourth-order valence-electron chi connectivity index (χ4n) is 5.33. The second kappa shape index (κ2) is 9.06. The van der Waals surface area contributed by atoms with Gasteiger partial charge in [-0.3, -0.25) is 14.4 Å². The number of rotatable bonds is 6. The summed E-state index contributed by atoms with van der Waals surface area (Å²) in [7, 11) is 0. The molecule has 0 unspecified atom stereocenters. The van der Waals surface area contributed by atoms with Crippen LogP contribution in [0.25, 0.3) is 10.9 Å². The Morgan fingerprint density at radius 2 is 1.89 bits per heavy atom. The minimum absolute atomic E-state index is 0.0139. The van der Waals surface area contributed by atoms with Crippen LogP contribution in [0.3, 0.4) is 0 Å². The number of nitrogens with zero attached hydrogens (tertiary/aromatic N) is 1. The number of hydrogen-bond donors (Lipinski definition) is 3. The van der Waals surface area contributed by atoms with Crippen molar-refractivity contribution in [3.8, 4) is 17.2 Å². The maximum absolute atomic E-state index is 13.9. The topological polar surface area (TPSA) is 118 Å². The Labute approximate surface area is 224 Å². The van der Waals surface area contributed by atoms with Gasteiger partial charge in [-0.1, -0.05) is 17.7 Å². The molecule has 9 heteroatoms. The SMILES string of the molecule is CC(=O)c1c(O)c(C)c(O)c2c1OC1=CC(=O)/C(=C(/C)NCCCn3ccc4ccc(Cl)cc43)C(=O)[C@]12C. The molecule has 0 saturated heterocycles. The van der Waals surface area contributed by atoms with E-state index in [0.717, 1.165) is 17.3 Å². The zero-order valence-corrected chi connectivity index (χ0v) is 22.2. The fraction of sp³-hybridized carbons (Fsp3) is 0.276. The number of phenols is 2.